The summed E-state index contributed by atoms with van der Waals surface area (Å²) in [5.41, 5.74) is 5.75. The molecule has 1 unspecified atom stereocenters. The van der Waals surface area contributed by atoms with Gasteiger partial charge in [-0.3, -0.25) is 0 Å². The van der Waals surface area contributed by atoms with E-state index in [9.17, 15) is 0 Å². The first kappa shape index (κ1) is 16.9. The average Bonchev–Trinajstić information content (AvgIpc) is 2.36. The van der Waals surface area contributed by atoms with E-state index in [1.807, 2.05) is 0 Å². The number of hydrogen-bond donors (Lipinski definition) is 3. The molecule has 0 spiro atoms. The SMILES string of the molecule is CCCCCCCC(CN)NCCCCCO. The van der Waals surface area contributed by atoms with Gasteiger partial charge in [0.1, 0.15) is 0 Å². The predicted molar refractivity (Wildman–Crippen MR) is 75.2 cm³/mol. The van der Waals surface area contributed by atoms with Gasteiger partial charge in [-0.1, -0.05) is 39.0 Å². The van der Waals surface area contributed by atoms with Gasteiger partial charge in [-0.15, -0.1) is 0 Å². The van der Waals surface area contributed by atoms with Gasteiger partial charge >= 0.3 is 0 Å². The molecule has 0 radical (unpaired) electrons. The number of aliphatic hydroxyl groups is 1. The molecule has 3 heteroatoms. The first-order valence-corrected chi connectivity index (χ1v) is 7.39. The van der Waals surface area contributed by atoms with E-state index in [-0.39, 0.29) is 0 Å². The quantitative estimate of drug-likeness (QED) is 0.436. The molecule has 0 fully saturated rings. The van der Waals surface area contributed by atoms with Gasteiger partial charge in [-0.2, -0.15) is 0 Å². The number of unbranched alkanes of at least 4 members (excludes halogenated alkanes) is 6. The number of rotatable bonds is 13. The summed E-state index contributed by atoms with van der Waals surface area (Å²) >= 11 is 0. The Kier molecular flexibility index (Phi) is 13.8. The van der Waals surface area contributed by atoms with Crippen LogP contribution in [0.2, 0.25) is 0 Å². The van der Waals surface area contributed by atoms with Gasteiger partial charge in [0.2, 0.25) is 0 Å². The van der Waals surface area contributed by atoms with Gasteiger partial charge in [0.05, 0.1) is 0 Å². The smallest absolute Gasteiger partial charge is 0.0431 e. The third-order valence-electron chi connectivity index (χ3n) is 3.21. The largest absolute Gasteiger partial charge is 0.396 e. The monoisotopic (exact) mass is 244 g/mol. The maximum Gasteiger partial charge on any atom is 0.0431 e. The van der Waals surface area contributed by atoms with E-state index in [1.54, 1.807) is 0 Å². The van der Waals surface area contributed by atoms with Crippen LogP contribution in [0.5, 0.6) is 0 Å². The fourth-order valence-electron chi connectivity index (χ4n) is 2.02. The summed E-state index contributed by atoms with van der Waals surface area (Å²) in [5.74, 6) is 0. The van der Waals surface area contributed by atoms with E-state index in [1.165, 1.54) is 38.5 Å². The van der Waals surface area contributed by atoms with E-state index < -0.39 is 0 Å². The molecule has 4 N–H and O–H groups in total. The summed E-state index contributed by atoms with van der Waals surface area (Å²) in [5, 5.41) is 12.2. The fourth-order valence-corrected chi connectivity index (χ4v) is 2.02. The molecule has 104 valence electrons. The molecule has 0 aromatic carbocycles. The van der Waals surface area contributed by atoms with Crippen LogP contribution in [0.15, 0.2) is 0 Å². The predicted octanol–water partition coefficient (Wildman–Crippen LogP) is 2.43. The molecule has 0 aliphatic carbocycles. The van der Waals surface area contributed by atoms with Crippen LogP contribution in [0.3, 0.4) is 0 Å². The number of nitrogens with one attached hydrogen (secondary N) is 1. The fraction of sp³-hybridized carbons (Fsp3) is 1.00. The van der Waals surface area contributed by atoms with Crippen molar-refractivity contribution in [2.24, 2.45) is 5.73 Å². The van der Waals surface area contributed by atoms with Crippen LogP contribution in [0.4, 0.5) is 0 Å². The summed E-state index contributed by atoms with van der Waals surface area (Å²) in [6.45, 7) is 4.35. The lowest BCUT2D eigenvalue weighted by atomic mass is 10.1. The van der Waals surface area contributed by atoms with Crippen LogP contribution in [-0.4, -0.2) is 30.8 Å². The molecular weight excluding hydrogens is 212 g/mol. The molecule has 0 saturated carbocycles. The molecule has 0 bridgehead atoms. The normalized spacial score (nSPS) is 12.9. The summed E-state index contributed by atoms with van der Waals surface area (Å²) < 4.78 is 0. The minimum atomic E-state index is 0.317. The Morgan fingerprint density at radius 2 is 1.71 bits per heavy atom. The Bertz CT molecular complexity index is 128. The Labute approximate surface area is 107 Å². The Hall–Kier alpha value is -0.120. The molecule has 0 aliphatic rings. The van der Waals surface area contributed by atoms with Crippen molar-refractivity contribution in [2.45, 2.75) is 70.8 Å². The van der Waals surface area contributed by atoms with E-state index in [0.717, 1.165) is 32.4 Å². The summed E-state index contributed by atoms with van der Waals surface area (Å²) in [6.07, 6.45) is 11.1. The van der Waals surface area contributed by atoms with Crippen LogP contribution in [0.1, 0.15) is 64.7 Å². The van der Waals surface area contributed by atoms with Crippen LogP contribution in [0.25, 0.3) is 0 Å². The molecule has 1 atom stereocenters. The van der Waals surface area contributed by atoms with Gasteiger partial charge in [-0.25, -0.2) is 0 Å². The highest BCUT2D eigenvalue weighted by Gasteiger charge is 2.04. The van der Waals surface area contributed by atoms with Gasteiger partial charge in [0.25, 0.3) is 0 Å². The third-order valence-corrected chi connectivity index (χ3v) is 3.21. The molecule has 0 aromatic heterocycles. The Morgan fingerprint density at radius 3 is 2.35 bits per heavy atom. The maximum absolute atomic E-state index is 8.67. The van der Waals surface area contributed by atoms with Crippen molar-refractivity contribution in [2.75, 3.05) is 19.7 Å². The second kappa shape index (κ2) is 13.9. The zero-order valence-electron chi connectivity index (χ0n) is 11.6. The minimum absolute atomic E-state index is 0.317. The van der Waals surface area contributed by atoms with Crippen molar-refractivity contribution in [3.63, 3.8) is 0 Å². The summed E-state index contributed by atoms with van der Waals surface area (Å²) in [6, 6.07) is 0.491. The van der Waals surface area contributed by atoms with Crippen LogP contribution >= 0.6 is 0 Å². The van der Waals surface area contributed by atoms with E-state index in [2.05, 4.69) is 12.2 Å². The number of hydrogen-bond acceptors (Lipinski definition) is 3. The first-order valence-electron chi connectivity index (χ1n) is 7.39. The van der Waals surface area contributed by atoms with Crippen molar-refractivity contribution in [1.29, 1.82) is 0 Å². The highest BCUT2D eigenvalue weighted by atomic mass is 16.2. The molecule has 0 amide bonds. The van der Waals surface area contributed by atoms with Crippen molar-refractivity contribution in [3.8, 4) is 0 Å². The molecule has 3 nitrogen and oxygen atoms in total. The molecule has 0 saturated heterocycles. The molecule has 0 heterocycles. The van der Waals surface area contributed by atoms with Crippen molar-refractivity contribution >= 4 is 0 Å². The van der Waals surface area contributed by atoms with Gasteiger partial charge < -0.3 is 16.2 Å². The first-order chi connectivity index (χ1) is 8.35. The number of nitrogens with two attached hydrogens (primary N) is 1. The highest BCUT2D eigenvalue weighted by Crippen LogP contribution is 2.07. The second-order valence-electron chi connectivity index (χ2n) is 4.87. The van der Waals surface area contributed by atoms with Crippen molar-refractivity contribution in [1.82, 2.24) is 5.32 Å². The van der Waals surface area contributed by atoms with Crippen LogP contribution in [-0.2, 0) is 0 Å². The van der Waals surface area contributed by atoms with E-state index >= 15 is 0 Å². The minimum Gasteiger partial charge on any atom is -0.396 e. The number of aliphatic hydroxyl groups excluding tert-OH is 1. The third kappa shape index (κ3) is 12.1. The van der Waals surface area contributed by atoms with Gasteiger partial charge in [0.15, 0.2) is 0 Å². The van der Waals surface area contributed by atoms with Crippen LogP contribution < -0.4 is 11.1 Å². The lowest BCUT2D eigenvalue weighted by molar-refractivity contribution is 0.282. The summed E-state index contributed by atoms with van der Waals surface area (Å²) in [4.78, 5) is 0. The molecule has 17 heavy (non-hydrogen) atoms. The topological polar surface area (TPSA) is 58.3 Å². The Morgan fingerprint density at radius 1 is 1.00 bits per heavy atom. The lowest BCUT2D eigenvalue weighted by Crippen LogP contribution is -2.36. The molecule has 0 aromatic rings. The van der Waals surface area contributed by atoms with Gasteiger partial charge in [-0.05, 0) is 32.2 Å². The average molecular weight is 244 g/mol. The zero-order valence-corrected chi connectivity index (χ0v) is 11.6. The van der Waals surface area contributed by atoms with Crippen LogP contribution in [0, 0.1) is 0 Å². The van der Waals surface area contributed by atoms with Gasteiger partial charge in [0, 0.05) is 19.2 Å². The summed E-state index contributed by atoms with van der Waals surface area (Å²) in [7, 11) is 0. The van der Waals surface area contributed by atoms with E-state index in [4.69, 9.17) is 10.8 Å². The van der Waals surface area contributed by atoms with Crippen molar-refractivity contribution in [3.05, 3.63) is 0 Å². The molecular formula is C14H32N2O. The Balaban J connectivity index is 3.30. The highest BCUT2D eigenvalue weighted by molar-refractivity contribution is 4.67. The van der Waals surface area contributed by atoms with E-state index in [0.29, 0.717) is 12.6 Å². The second-order valence-corrected chi connectivity index (χ2v) is 4.87. The lowest BCUT2D eigenvalue weighted by Gasteiger charge is -2.16. The molecule has 0 aliphatic heterocycles. The van der Waals surface area contributed by atoms with Crippen molar-refractivity contribution < 1.29 is 5.11 Å². The zero-order chi connectivity index (χ0) is 12.8. The maximum atomic E-state index is 8.67. The molecule has 0 rings (SSSR count). The standard InChI is InChI=1S/C14H32N2O/c1-2-3-4-5-7-10-14(13-15)16-11-8-6-9-12-17/h14,16-17H,2-13,15H2,1H3.